The molecule has 3 amide bonds. The molecule has 0 aliphatic carbocycles. The van der Waals surface area contributed by atoms with Crippen LogP contribution in [0.2, 0.25) is 0 Å². The molecule has 176 valence electrons. The fourth-order valence-corrected chi connectivity index (χ4v) is 3.84. The first-order valence-corrected chi connectivity index (χ1v) is 11.4. The van der Waals surface area contributed by atoms with E-state index in [-0.39, 0.29) is 29.8 Å². The zero-order valence-electron chi connectivity index (χ0n) is 20.3. The number of hydrogen-bond acceptors (Lipinski definition) is 3. The molecule has 0 spiro atoms. The molecule has 3 rings (SSSR count). The molecule has 0 fully saturated rings. The second kappa shape index (κ2) is 10.8. The topological polar surface area (TPSA) is 78.5 Å². The minimum absolute atomic E-state index is 0.0417. The van der Waals surface area contributed by atoms with Crippen LogP contribution >= 0.6 is 0 Å². The first-order valence-electron chi connectivity index (χ1n) is 11.4. The van der Waals surface area contributed by atoms with Crippen LogP contribution in [0.25, 0.3) is 0 Å². The summed E-state index contributed by atoms with van der Waals surface area (Å²) in [6, 6.07) is 21.1. The number of hydrogen-bond donors (Lipinski definition) is 2. The number of carbonyl (C=O) groups excluding carboxylic acids is 3. The lowest BCUT2D eigenvalue weighted by Crippen LogP contribution is -2.42. The van der Waals surface area contributed by atoms with Crippen molar-refractivity contribution in [2.75, 3.05) is 10.6 Å². The number of aryl methyl sites for hydroxylation is 1. The van der Waals surface area contributed by atoms with Crippen LogP contribution in [0.4, 0.5) is 11.4 Å². The van der Waals surface area contributed by atoms with E-state index in [0.717, 1.165) is 5.56 Å². The van der Waals surface area contributed by atoms with Gasteiger partial charge in [0.1, 0.15) is 0 Å². The van der Waals surface area contributed by atoms with Crippen LogP contribution in [0.1, 0.15) is 64.3 Å². The average molecular weight is 458 g/mol. The Morgan fingerprint density at radius 2 is 1.18 bits per heavy atom. The van der Waals surface area contributed by atoms with Crippen molar-refractivity contribution in [2.45, 2.75) is 46.7 Å². The Morgan fingerprint density at radius 1 is 0.647 bits per heavy atom. The second-order valence-electron chi connectivity index (χ2n) is 8.84. The van der Waals surface area contributed by atoms with Gasteiger partial charge in [-0.2, -0.15) is 0 Å². The summed E-state index contributed by atoms with van der Waals surface area (Å²) >= 11 is 0. The van der Waals surface area contributed by atoms with Crippen LogP contribution in [0, 0.1) is 6.92 Å². The zero-order chi connectivity index (χ0) is 24.8. The Kier molecular flexibility index (Phi) is 7.84. The monoisotopic (exact) mass is 457 g/mol. The normalized spacial score (nSPS) is 10.8. The molecule has 0 radical (unpaired) electrons. The predicted molar refractivity (Wildman–Crippen MR) is 136 cm³/mol. The number of rotatable bonds is 7. The highest BCUT2D eigenvalue weighted by molar-refractivity contribution is 6.07. The minimum atomic E-state index is -0.309. The van der Waals surface area contributed by atoms with Gasteiger partial charge in [-0.1, -0.05) is 23.8 Å². The molecule has 0 aliphatic rings. The van der Waals surface area contributed by atoms with Crippen molar-refractivity contribution in [2.24, 2.45) is 0 Å². The molecule has 3 aromatic rings. The van der Waals surface area contributed by atoms with Crippen molar-refractivity contribution in [3.63, 3.8) is 0 Å². The number of anilines is 2. The molecule has 0 aliphatic heterocycles. The smallest absolute Gasteiger partial charge is 0.255 e. The second-order valence-corrected chi connectivity index (χ2v) is 8.84. The van der Waals surface area contributed by atoms with Gasteiger partial charge >= 0.3 is 0 Å². The Labute approximate surface area is 201 Å². The van der Waals surface area contributed by atoms with Crippen molar-refractivity contribution < 1.29 is 14.4 Å². The summed E-state index contributed by atoms with van der Waals surface area (Å²) in [5, 5.41) is 5.67. The molecular formula is C28H31N3O3. The van der Waals surface area contributed by atoms with Crippen LogP contribution in [-0.4, -0.2) is 34.7 Å². The molecule has 0 saturated heterocycles. The Morgan fingerprint density at radius 3 is 1.74 bits per heavy atom. The van der Waals surface area contributed by atoms with Crippen LogP contribution < -0.4 is 10.6 Å². The fourth-order valence-electron chi connectivity index (χ4n) is 3.84. The zero-order valence-corrected chi connectivity index (χ0v) is 20.3. The Hall–Kier alpha value is -3.93. The molecule has 6 heteroatoms. The van der Waals surface area contributed by atoms with Gasteiger partial charge in [0.25, 0.3) is 17.7 Å². The van der Waals surface area contributed by atoms with Crippen molar-refractivity contribution in [3.8, 4) is 0 Å². The number of benzene rings is 3. The van der Waals surface area contributed by atoms with Crippen molar-refractivity contribution in [1.82, 2.24) is 4.90 Å². The summed E-state index contributed by atoms with van der Waals surface area (Å²) in [4.78, 5) is 39.9. The van der Waals surface area contributed by atoms with Crippen LogP contribution in [0.5, 0.6) is 0 Å². The van der Waals surface area contributed by atoms with Gasteiger partial charge in [-0.25, -0.2) is 0 Å². The third kappa shape index (κ3) is 6.10. The lowest BCUT2D eigenvalue weighted by atomic mass is 10.1. The van der Waals surface area contributed by atoms with Gasteiger partial charge in [0, 0.05) is 40.1 Å². The van der Waals surface area contributed by atoms with E-state index in [0.29, 0.717) is 28.1 Å². The molecule has 2 N–H and O–H groups in total. The molecule has 0 saturated carbocycles. The predicted octanol–water partition coefficient (Wildman–Crippen LogP) is 5.76. The maximum atomic E-state index is 12.8. The molecule has 6 nitrogen and oxygen atoms in total. The number of amides is 3. The average Bonchev–Trinajstić information content (AvgIpc) is 2.79. The molecular weight excluding hydrogens is 426 g/mol. The lowest BCUT2D eigenvalue weighted by molar-refractivity contribution is 0.0643. The number of nitrogens with one attached hydrogen (secondary N) is 2. The summed E-state index contributed by atoms with van der Waals surface area (Å²) in [5.74, 6) is -0.588. The molecule has 0 unspecified atom stereocenters. The molecule has 0 heterocycles. The Bertz CT molecular complexity index is 1180. The van der Waals surface area contributed by atoms with Crippen LogP contribution in [0.3, 0.4) is 0 Å². The first-order chi connectivity index (χ1) is 16.2. The summed E-state index contributed by atoms with van der Waals surface area (Å²) < 4.78 is 0. The van der Waals surface area contributed by atoms with Gasteiger partial charge < -0.3 is 15.5 Å². The van der Waals surface area contributed by atoms with E-state index in [9.17, 15) is 14.4 Å². The summed E-state index contributed by atoms with van der Waals surface area (Å²) in [6.07, 6.45) is 0. The van der Waals surface area contributed by atoms with E-state index < -0.39 is 0 Å². The van der Waals surface area contributed by atoms with E-state index in [4.69, 9.17) is 0 Å². The van der Waals surface area contributed by atoms with Crippen LogP contribution in [0.15, 0.2) is 72.8 Å². The highest BCUT2D eigenvalue weighted by Crippen LogP contribution is 2.18. The molecule has 0 atom stereocenters. The fraction of sp³-hybridized carbons (Fsp3) is 0.250. The third-order valence-corrected chi connectivity index (χ3v) is 5.40. The number of carbonyl (C=O) groups is 3. The highest BCUT2D eigenvalue weighted by Gasteiger charge is 2.21. The van der Waals surface area contributed by atoms with Crippen molar-refractivity contribution in [3.05, 3.63) is 95.1 Å². The highest BCUT2D eigenvalue weighted by atomic mass is 16.2. The van der Waals surface area contributed by atoms with Crippen molar-refractivity contribution in [1.29, 1.82) is 0 Å². The van der Waals surface area contributed by atoms with Gasteiger partial charge in [0.2, 0.25) is 0 Å². The largest absolute Gasteiger partial charge is 0.334 e. The standard InChI is InChI=1S/C28H31N3O3/c1-18(2)31(19(3)4)28(34)21-12-14-24(15-13-21)29-27(33)23-10-7-11-25(17-23)30-26(32)22-9-6-8-20(5)16-22/h6-19H,1-5H3,(H,29,33)(H,30,32). The maximum absolute atomic E-state index is 12.8. The molecule has 3 aromatic carbocycles. The number of nitrogens with zero attached hydrogens (tertiary/aromatic N) is 1. The molecule has 34 heavy (non-hydrogen) atoms. The SMILES string of the molecule is Cc1cccc(C(=O)Nc2cccc(C(=O)Nc3ccc(C(=O)N(C(C)C)C(C)C)cc3)c2)c1. The van der Waals surface area contributed by atoms with Gasteiger partial charge in [-0.3, -0.25) is 14.4 Å². The van der Waals surface area contributed by atoms with E-state index in [2.05, 4.69) is 10.6 Å². The Balaban J connectivity index is 1.68. The van der Waals surface area contributed by atoms with Crippen molar-refractivity contribution >= 4 is 29.1 Å². The minimum Gasteiger partial charge on any atom is -0.334 e. The summed E-state index contributed by atoms with van der Waals surface area (Å²) in [7, 11) is 0. The van der Waals surface area contributed by atoms with Gasteiger partial charge in [-0.15, -0.1) is 0 Å². The first kappa shape index (κ1) is 24.7. The summed E-state index contributed by atoms with van der Waals surface area (Å²) in [6.45, 7) is 9.89. The molecule has 0 bridgehead atoms. The van der Waals surface area contributed by atoms with E-state index in [1.54, 1.807) is 54.6 Å². The van der Waals surface area contributed by atoms with E-state index in [1.165, 1.54) is 0 Å². The maximum Gasteiger partial charge on any atom is 0.255 e. The quantitative estimate of drug-likeness (QED) is 0.474. The van der Waals surface area contributed by atoms with E-state index >= 15 is 0 Å². The van der Waals surface area contributed by atoms with Gasteiger partial charge in [0.15, 0.2) is 0 Å². The van der Waals surface area contributed by atoms with Gasteiger partial charge in [0.05, 0.1) is 0 Å². The summed E-state index contributed by atoms with van der Waals surface area (Å²) in [5.41, 5.74) is 3.64. The van der Waals surface area contributed by atoms with E-state index in [1.807, 2.05) is 57.7 Å². The third-order valence-electron chi connectivity index (χ3n) is 5.40. The van der Waals surface area contributed by atoms with Gasteiger partial charge in [-0.05, 0) is 89.2 Å². The lowest BCUT2D eigenvalue weighted by Gasteiger charge is -2.30. The molecule has 0 aromatic heterocycles. The van der Waals surface area contributed by atoms with Crippen LogP contribution in [-0.2, 0) is 0 Å².